The van der Waals surface area contributed by atoms with Gasteiger partial charge in [-0.2, -0.15) is 9.97 Å². The third kappa shape index (κ3) is 5.38. The Bertz CT molecular complexity index is 1340. The number of amides is 1. The molecule has 1 saturated carbocycles. The highest BCUT2D eigenvalue weighted by Crippen LogP contribution is 2.32. The summed E-state index contributed by atoms with van der Waals surface area (Å²) in [6.45, 7) is 2.61. The van der Waals surface area contributed by atoms with Gasteiger partial charge in [0.2, 0.25) is 5.95 Å². The lowest BCUT2D eigenvalue weighted by molar-refractivity contribution is 0.112. The molecule has 1 aliphatic carbocycles. The third-order valence-electron chi connectivity index (χ3n) is 7.93. The summed E-state index contributed by atoms with van der Waals surface area (Å²) in [4.78, 5) is 29.4. The maximum absolute atomic E-state index is 14.1. The molecule has 6 rings (SSSR count). The summed E-state index contributed by atoms with van der Waals surface area (Å²) in [6, 6.07) is 8.78. The second-order valence-electron chi connectivity index (χ2n) is 10.5. The van der Waals surface area contributed by atoms with Crippen LogP contribution < -0.4 is 10.2 Å². The van der Waals surface area contributed by atoms with Crippen LogP contribution in [0.15, 0.2) is 30.3 Å². The number of hydrogen-bond donors (Lipinski definition) is 1. The van der Waals surface area contributed by atoms with E-state index in [9.17, 15) is 18.0 Å². The lowest BCUT2D eigenvalue weighted by atomic mass is 9.85. The van der Waals surface area contributed by atoms with Gasteiger partial charge in [-0.05, 0) is 43.7 Å². The molecule has 4 heterocycles. The normalized spacial score (nSPS) is 23.7. The van der Waals surface area contributed by atoms with Crippen molar-refractivity contribution in [3.05, 3.63) is 36.2 Å². The zero-order valence-electron chi connectivity index (χ0n) is 22.0. The van der Waals surface area contributed by atoms with Crippen molar-refractivity contribution >= 4 is 28.9 Å². The number of halogens is 3. The van der Waals surface area contributed by atoms with Gasteiger partial charge in [0.25, 0.3) is 6.43 Å². The first-order valence-electron chi connectivity index (χ1n) is 13.7. The van der Waals surface area contributed by atoms with Gasteiger partial charge in [0.1, 0.15) is 24.4 Å². The number of carbonyl (C=O) groups is 1. The van der Waals surface area contributed by atoms with E-state index < -0.39 is 25.3 Å². The molecular weight excluding hydrogens is 527 g/mol. The van der Waals surface area contributed by atoms with E-state index in [1.807, 2.05) is 0 Å². The van der Waals surface area contributed by atoms with Crippen molar-refractivity contribution in [1.82, 2.24) is 24.4 Å². The molecule has 0 spiro atoms. The van der Waals surface area contributed by atoms with Crippen LogP contribution in [0.2, 0.25) is 0 Å². The first-order chi connectivity index (χ1) is 19.5. The van der Waals surface area contributed by atoms with Gasteiger partial charge in [-0.15, -0.1) is 0 Å². The van der Waals surface area contributed by atoms with Crippen molar-refractivity contribution in [2.45, 2.75) is 44.3 Å². The quantitative estimate of drug-likeness (QED) is 0.435. The standard InChI is InChI=1S/C27H32F3N7O3/c28-14-19-16-36(27(38)40-19)18-7-5-17(6-8-18)15-31-26-33-22(35-9-11-39-12-10-35)13-23(34-26)37-21-4-2-1-3-20(21)32-25(37)24(29)30/h1-4,13,17-19,24H,5-12,14-16H2,(H,31,33,34). The number of rotatable bonds is 8. The van der Waals surface area contributed by atoms with Crippen LogP contribution in [-0.4, -0.2) is 88.7 Å². The Labute approximate surface area is 229 Å². The highest BCUT2D eigenvalue weighted by atomic mass is 19.3. The molecule has 2 aromatic heterocycles. The molecule has 0 bridgehead atoms. The number of benzene rings is 1. The average Bonchev–Trinajstić information content (AvgIpc) is 3.57. The average molecular weight is 560 g/mol. The number of hydrogen-bond acceptors (Lipinski definition) is 8. The number of cyclic esters (lactones) is 1. The summed E-state index contributed by atoms with van der Waals surface area (Å²) in [5, 5.41) is 3.35. The first kappa shape index (κ1) is 26.6. The zero-order valence-corrected chi connectivity index (χ0v) is 22.0. The van der Waals surface area contributed by atoms with Crippen LogP contribution in [0, 0.1) is 5.92 Å². The maximum atomic E-state index is 14.1. The van der Waals surface area contributed by atoms with Gasteiger partial charge in [-0.1, -0.05) is 12.1 Å². The lowest BCUT2D eigenvalue weighted by Gasteiger charge is -2.33. The Morgan fingerprint density at radius 1 is 1.02 bits per heavy atom. The number of carbonyl (C=O) groups excluding carboxylic acids is 1. The van der Waals surface area contributed by atoms with Crippen molar-refractivity contribution in [2.24, 2.45) is 5.92 Å². The molecular formula is C27H32F3N7O3. The number of ether oxygens (including phenoxy) is 2. The minimum Gasteiger partial charge on any atom is -0.441 e. The highest BCUT2D eigenvalue weighted by molar-refractivity contribution is 5.78. The van der Waals surface area contributed by atoms with Crippen LogP contribution in [0.5, 0.6) is 0 Å². The molecule has 1 amide bonds. The number of aromatic nitrogens is 4. The van der Waals surface area contributed by atoms with Gasteiger partial charge >= 0.3 is 6.09 Å². The van der Waals surface area contributed by atoms with E-state index in [-0.39, 0.29) is 11.9 Å². The highest BCUT2D eigenvalue weighted by Gasteiger charge is 2.37. The fraction of sp³-hybridized carbons (Fsp3) is 0.556. The molecule has 10 nitrogen and oxygen atoms in total. The number of imidazole rings is 1. The number of anilines is 2. The molecule has 3 fully saturated rings. The van der Waals surface area contributed by atoms with Gasteiger partial charge in [-0.3, -0.25) is 4.57 Å². The molecule has 1 N–H and O–H groups in total. The Balaban J connectivity index is 1.21. The minimum atomic E-state index is -2.78. The summed E-state index contributed by atoms with van der Waals surface area (Å²) in [7, 11) is 0. The molecule has 1 aromatic carbocycles. The summed E-state index contributed by atoms with van der Waals surface area (Å²) in [6.07, 6.45) is -0.527. The fourth-order valence-corrected chi connectivity index (χ4v) is 5.82. The summed E-state index contributed by atoms with van der Waals surface area (Å²) in [5.74, 6) is 1.26. The number of alkyl halides is 3. The van der Waals surface area contributed by atoms with Crippen molar-refractivity contribution in [2.75, 3.05) is 56.3 Å². The van der Waals surface area contributed by atoms with Gasteiger partial charge in [0.15, 0.2) is 5.82 Å². The van der Waals surface area contributed by atoms with Crippen molar-refractivity contribution in [3.8, 4) is 5.82 Å². The number of para-hydroxylation sites is 2. The summed E-state index contributed by atoms with van der Waals surface area (Å²) in [5.41, 5.74) is 1.01. The molecule has 2 aliphatic heterocycles. The van der Waals surface area contributed by atoms with E-state index in [0.29, 0.717) is 73.9 Å². The molecule has 214 valence electrons. The van der Waals surface area contributed by atoms with Crippen LogP contribution in [0.25, 0.3) is 16.9 Å². The SMILES string of the molecule is O=C1OC(CF)CN1C1CCC(CNc2nc(N3CCOCC3)cc(-n3c(C(F)F)nc4ccccc43)n2)CC1. The van der Waals surface area contributed by atoms with Gasteiger partial charge in [0.05, 0.1) is 30.8 Å². The first-order valence-corrected chi connectivity index (χ1v) is 13.7. The topological polar surface area (TPSA) is 97.6 Å². The third-order valence-corrected chi connectivity index (χ3v) is 7.93. The number of fused-ring (bicyclic) bond motifs is 1. The fourth-order valence-electron chi connectivity index (χ4n) is 5.82. The molecule has 40 heavy (non-hydrogen) atoms. The number of nitrogens with one attached hydrogen (secondary N) is 1. The molecule has 2 saturated heterocycles. The second kappa shape index (κ2) is 11.5. The second-order valence-corrected chi connectivity index (χ2v) is 10.5. The molecule has 0 radical (unpaired) electrons. The van der Waals surface area contributed by atoms with E-state index in [4.69, 9.17) is 14.5 Å². The van der Waals surface area contributed by atoms with Crippen LogP contribution in [0.1, 0.15) is 37.9 Å². The molecule has 3 aliphatic rings. The van der Waals surface area contributed by atoms with E-state index in [0.717, 1.165) is 25.7 Å². The molecule has 1 atom stereocenters. The van der Waals surface area contributed by atoms with Crippen LogP contribution in [0.3, 0.4) is 0 Å². The van der Waals surface area contributed by atoms with Crippen molar-refractivity contribution < 1.29 is 27.4 Å². The van der Waals surface area contributed by atoms with Crippen LogP contribution >= 0.6 is 0 Å². The maximum Gasteiger partial charge on any atom is 0.410 e. The lowest BCUT2D eigenvalue weighted by Crippen LogP contribution is -2.40. The predicted molar refractivity (Wildman–Crippen MR) is 142 cm³/mol. The van der Waals surface area contributed by atoms with E-state index in [1.54, 1.807) is 35.2 Å². The van der Waals surface area contributed by atoms with Gasteiger partial charge in [0, 0.05) is 31.7 Å². The van der Waals surface area contributed by atoms with E-state index in [1.165, 1.54) is 4.57 Å². The largest absolute Gasteiger partial charge is 0.441 e. The molecule has 1 unspecified atom stereocenters. The Morgan fingerprint density at radius 3 is 2.50 bits per heavy atom. The summed E-state index contributed by atoms with van der Waals surface area (Å²) >= 11 is 0. The molecule has 13 heteroatoms. The number of morpholine rings is 1. The Kier molecular flexibility index (Phi) is 7.63. The van der Waals surface area contributed by atoms with Crippen LogP contribution in [-0.2, 0) is 9.47 Å². The molecule has 3 aromatic rings. The van der Waals surface area contributed by atoms with Gasteiger partial charge in [-0.25, -0.2) is 22.9 Å². The van der Waals surface area contributed by atoms with Gasteiger partial charge < -0.3 is 24.6 Å². The minimum absolute atomic E-state index is 0.0510. The Morgan fingerprint density at radius 2 is 1.77 bits per heavy atom. The monoisotopic (exact) mass is 559 g/mol. The smallest absolute Gasteiger partial charge is 0.410 e. The van der Waals surface area contributed by atoms with Crippen LogP contribution in [0.4, 0.5) is 29.7 Å². The number of nitrogens with zero attached hydrogens (tertiary/aromatic N) is 6. The zero-order chi connectivity index (χ0) is 27.6. The Hall–Kier alpha value is -3.61. The van der Waals surface area contributed by atoms with Crippen molar-refractivity contribution in [1.29, 1.82) is 0 Å². The van der Waals surface area contributed by atoms with E-state index >= 15 is 0 Å². The predicted octanol–water partition coefficient (Wildman–Crippen LogP) is 4.35. The van der Waals surface area contributed by atoms with E-state index in [2.05, 4.69) is 20.2 Å². The van der Waals surface area contributed by atoms with Crippen molar-refractivity contribution in [3.63, 3.8) is 0 Å². The summed E-state index contributed by atoms with van der Waals surface area (Å²) < 4.78 is 53.1.